The second-order valence-electron chi connectivity index (χ2n) is 7.66. The topological polar surface area (TPSA) is 89.1 Å². The maximum atomic E-state index is 11.3. The van der Waals surface area contributed by atoms with Gasteiger partial charge in [0.25, 0.3) is 5.69 Å². The van der Waals surface area contributed by atoms with Gasteiger partial charge in [-0.25, -0.2) is 0 Å². The Morgan fingerprint density at radius 2 is 1.82 bits per heavy atom. The molecule has 1 aromatic carbocycles. The first kappa shape index (κ1) is 20.8. The van der Waals surface area contributed by atoms with Crippen LogP contribution in [-0.4, -0.2) is 29.5 Å². The lowest BCUT2D eigenvalue weighted by molar-refractivity contribution is -0.384. The lowest BCUT2D eigenvalue weighted by Gasteiger charge is -2.28. The molecule has 4 heterocycles. The molecule has 1 saturated heterocycles. The number of aromatic nitrogens is 3. The number of benzene rings is 1. The molecule has 0 bridgehead atoms. The van der Waals surface area contributed by atoms with Crippen LogP contribution in [0.3, 0.4) is 0 Å². The number of pyridine rings is 2. The lowest BCUT2D eigenvalue weighted by atomic mass is 10.0. The van der Waals surface area contributed by atoms with Gasteiger partial charge in [-0.05, 0) is 54.7 Å². The van der Waals surface area contributed by atoms with Crippen molar-refractivity contribution in [3.05, 3.63) is 119 Å². The van der Waals surface area contributed by atoms with E-state index in [1.54, 1.807) is 24.5 Å². The van der Waals surface area contributed by atoms with Gasteiger partial charge >= 0.3 is 0 Å². The summed E-state index contributed by atoms with van der Waals surface area (Å²) in [6, 6.07) is 21.7. The van der Waals surface area contributed by atoms with Crippen molar-refractivity contribution in [2.75, 3.05) is 0 Å². The first-order chi connectivity index (χ1) is 16.1. The van der Waals surface area contributed by atoms with Crippen molar-refractivity contribution >= 4 is 23.0 Å². The molecule has 0 unspecified atom stereocenters. The Morgan fingerprint density at radius 3 is 2.55 bits per heavy atom. The molecule has 2 atom stereocenters. The third-order valence-electron chi connectivity index (χ3n) is 5.66. The maximum absolute atomic E-state index is 11.3. The van der Waals surface area contributed by atoms with Crippen LogP contribution in [0.5, 0.6) is 0 Å². The van der Waals surface area contributed by atoms with Gasteiger partial charge in [-0.15, -0.1) is 0 Å². The molecular formula is C24H20N6O2S. The summed E-state index contributed by atoms with van der Waals surface area (Å²) in [6.45, 7) is 0.515. The highest BCUT2D eigenvalue weighted by Gasteiger charge is 2.41. The summed E-state index contributed by atoms with van der Waals surface area (Å²) >= 11 is 5.74. The number of hydrogen-bond acceptors (Lipinski definition) is 5. The second kappa shape index (κ2) is 8.79. The van der Waals surface area contributed by atoms with Crippen LogP contribution < -0.4 is 5.32 Å². The van der Waals surface area contributed by atoms with Crippen LogP contribution in [0.4, 0.5) is 5.69 Å². The summed E-state index contributed by atoms with van der Waals surface area (Å²) in [7, 11) is 0. The number of nitrogens with one attached hydrogen (secondary N) is 1. The number of nitro groups is 1. The van der Waals surface area contributed by atoms with Gasteiger partial charge in [-0.2, -0.15) is 0 Å². The van der Waals surface area contributed by atoms with Crippen LogP contribution in [0.1, 0.15) is 29.2 Å². The molecule has 1 N–H and O–H groups in total. The minimum absolute atomic E-state index is 0.0406. The van der Waals surface area contributed by atoms with Crippen LogP contribution >= 0.6 is 12.2 Å². The zero-order valence-electron chi connectivity index (χ0n) is 17.5. The molecule has 0 aliphatic carbocycles. The third-order valence-corrected chi connectivity index (χ3v) is 6.01. The van der Waals surface area contributed by atoms with Crippen LogP contribution in [-0.2, 0) is 6.54 Å². The minimum Gasteiger partial charge on any atom is -0.352 e. The molecule has 0 saturated carbocycles. The standard InChI is InChI=1S/C24H20N6O2S/c31-30(32)19-9-5-8-18(15-19)28-14-6-11-21(28)23-22(20-10-2-4-13-26-20)27-24(33)29(23)16-17-7-1-3-12-25-17/h1-15,22-23H,16H2,(H,27,33)/t22-,23-/m0/s1. The molecule has 3 aromatic heterocycles. The number of thiocarbonyl (C=S) groups is 1. The predicted molar refractivity (Wildman–Crippen MR) is 128 cm³/mol. The Bertz CT molecular complexity index is 1290. The second-order valence-corrected chi connectivity index (χ2v) is 8.04. The molecule has 33 heavy (non-hydrogen) atoms. The van der Waals surface area contributed by atoms with Gasteiger partial charge in [0.2, 0.25) is 0 Å². The normalized spacial score (nSPS) is 17.7. The molecule has 5 rings (SSSR count). The Kier molecular flexibility index (Phi) is 5.54. The number of non-ortho nitro benzene ring substituents is 1. The van der Waals surface area contributed by atoms with Gasteiger partial charge in [0.15, 0.2) is 5.11 Å². The zero-order chi connectivity index (χ0) is 22.8. The summed E-state index contributed by atoms with van der Waals surface area (Å²) in [5, 5.41) is 15.4. The van der Waals surface area contributed by atoms with E-state index < -0.39 is 0 Å². The molecular weight excluding hydrogens is 436 g/mol. The molecule has 164 valence electrons. The molecule has 0 radical (unpaired) electrons. The highest BCUT2D eigenvalue weighted by molar-refractivity contribution is 7.80. The van der Waals surface area contributed by atoms with Gasteiger partial charge in [-0.1, -0.05) is 18.2 Å². The van der Waals surface area contributed by atoms with E-state index in [4.69, 9.17) is 12.2 Å². The summed E-state index contributed by atoms with van der Waals surface area (Å²) in [5.41, 5.74) is 3.44. The Labute approximate surface area is 195 Å². The van der Waals surface area contributed by atoms with Crippen LogP contribution in [0.25, 0.3) is 5.69 Å². The van der Waals surface area contributed by atoms with Crippen LogP contribution in [0.15, 0.2) is 91.4 Å². The van der Waals surface area contributed by atoms with Gasteiger partial charge in [0, 0.05) is 36.4 Å². The quantitative estimate of drug-likeness (QED) is 0.262. The summed E-state index contributed by atoms with van der Waals surface area (Å²) in [4.78, 5) is 22.1. The van der Waals surface area contributed by atoms with Crippen LogP contribution in [0, 0.1) is 10.1 Å². The van der Waals surface area contributed by atoms with E-state index in [-0.39, 0.29) is 22.7 Å². The number of hydrogen-bond donors (Lipinski definition) is 1. The van der Waals surface area contributed by atoms with Crippen molar-refractivity contribution in [2.24, 2.45) is 0 Å². The lowest BCUT2D eigenvalue weighted by Crippen LogP contribution is -2.30. The average Bonchev–Trinajstić information content (AvgIpc) is 3.45. The molecule has 0 amide bonds. The number of nitrogens with zero attached hydrogens (tertiary/aromatic N) is 5. The van der Waals surface area contributed by atoms with Crippen molar-refractivity contribution in [1.29, 1.82) is 0 Å². The molecule has 9 heteroatoms. The molecule has 1 aliphatic rings. The largest absolute Gasteiger partial charge is 0.352 e. The Balaban J connectivity index is 1.61. The Hall–Kier alpha value is -4.11. The van der Waals surface area contributed by atoms with E-state index in [0.29, 0.717) is 17.3 Å². The van der Waals surface area contributed by atoms with Crippen molar-refractivity contribution < 1.29 is 4.92 Å². The summed E-state index contributed by atoms with van der Waals surface area (Å²) in [6.07, 6.45) is 5.43. The zero-order valence-corrected chi connectivity index (χ0v) is 18.3. The average molecular weight is 457 g/mol. The highest BCUT2D eigenvalue weighted by Crippen LogP contribution is 2.40. The third kappa shape index (κ3) is 4.06. The fraction of sp³-hybridized carbons (Fsp3) is 0.125. The predicted octanol–water partition coefficient (Wildman–Crippen LogP) is 4.35. The van der Waals surface area contributed by atoms with Gasteiger partial charge in [-0.3, -0.25) is 20.1 Å². The number of nitro benzene ring substituents is 1. The van der Waals surface area contributed by atoms with Crippen molar-refractivity contribution in [1.82, 2.24) is 24.8 Å². The van der Waals surface area contributed by atoms with Gasteiger partial charge in [0.1, 0.15) is 0 Å². The highest BCUT2D eigenvalue weighted by atomic mass is 32.1. The fourth-order valence-electron chi connectivity index (χ4n) is 4.19. The number of rotatable bonds is 6. The SMILES string of the molecule is O=[N+]([O-])c1cccc(-n2cccc2[C@H]2[C@H](c3ccccn3)NC(=S)N2Cc2ccccn2)c1. The molecule has 1 fully saturated rings. The van der Waals surface area contributed by atoms with Crippen molar-refractivity contribution in [3.8, 4) is 5.69 Å². The fourth-order valence-corrected chi connectivity index (χ4v) is 4.50. The van der Waals surface area contributed by atoms with E-state index in [9.17, 15) is 10.1 Å². The molecule has 8 nitrogen and oxygen atoms in total. The molecule has 4 aromatic rings. The maximum Gasteiger partial charge on any atom is 0.271 e. The van der Waals surface area contributed by atoms with Gasteiger partial charge < -0.3 is 14.8 Å². The Morgan fingerprint density at radius 1 is 1.00 bits per heavy atom. The smallest absolute Gasteiger partial charge is 0.271 e. The van der Waals surface area contributed by atoms with Gasteiger partial charge in [0.05, 0.1) is 40.6 Å². The van der Waals surface area contributed by atoms with E-state index >= 15 is 0 Å². The monoisotopic (exact) mass is 456 g/mol. The van der Waals surface area contributed by atoms with E-state index in [1.807, 2.05) is 65.4 Å². The van der Waals surface area contributed by atoms with Crippen LogP contribution in [0.2, 0.25) is 0 Å². The molecule has 1 aliphatic heterocycles. The van der Waals surface area contributed by atoms with Crippen molar-refractivity contribution in [3.63, 3.8) is 0 Å². The first-order valence-electron chi connectivity index (χ1n) is 10.4. The first-order valence-corrected chi connectivity index (χ1v) is 10.8. The van der Waals surface area contributed by atoms with E-state index in [2.05, 4.69) is 20.2 Å². The minimum atomic E-state index is -0.386. The van der Waals surface area contributed by atoms with E-state index in [1.165, 1.54) is 6.07 Å². The van der Waals surface area contributed by atoms with E-state index in [0.717, 1.165) is 17.1 Å². The molecule has 0 spiro atoms. The summed E-state index contributed by atoms with van der Waals surface area (Å²) < 4.78 is 1.97. The van der Waals surface area contributed by atoms with Crippen molar-refractivity contribution in [2.45, 2.75) is 18.6 Å². The summed E-state index contributed by atoms with van der Waals surface area (Å²) in [5.74, 6) is 0.